The Morgan fingerprint density at radius 1 is 0.920 bits per heavy atom. The average Bonchev–Trinajstić information content (AvgIpc) is 2.65. The van der Waals surface area contributed by atoms with Gasteiger partial charge >= 0.3 is 0 Å². The van der Waals surface area contributed by atoms with Gasteiger partial charge in [0.2, 0.25) is 0 Å². The highest BCUT2D eigenvalue weighted by molar-refractivity contribution is 6.32. The third kappa shape index (κ3) is 4.40. The van der Waals surface area contributed by atoms with Crippen LogP contribution in [0.2, 0.25) is 5.02 Å². The van der Waals surface area contributed by atoms with Gasteiger partial charge in [0, 0.05) is 5.69 Å². The number of hydrogen-bond acceptors (Lipinski definition) is 2. The molecule has 0 aliphatic carbocycles. The monoisotopic (exact) mass is 351 g/mol. The Balaban J connectivity index is 1.69. The summed E-state index contributed by atoms with van der Waals surface area (Å²) in [6.45, 7) is 1.69. The van der Waals surface area contributed by atoms with Crippen molar-refractivity contribution in [3.63, 3.8) is 0 Å². The number of carbonyl (C=O) groups excluding carboxylic acids is 1. The minimum absolute atomic E-state index is 0.227. The van der Waals surface area contributed by atoms with Crippen LogP contribution in [0.5, 0.6) is 5.75 Å². The Hall–Kier alpha value is -2.78. The molecule has 0 fully saturated rings. The molecule has 3 rings (SSSR count). The van der Waals surface area contributed by atoms with E-state index in [9.17, 15) is 4.79 Å². The van der Waals surface area contributed by atoms with Crippen LogP contribution in [0.4, 0.5) is 5.69 Å². The molecule has 0 unspecified atom stereocenters. The zero-order valence-corrected chi connectivity index (χ0v) is 14.5. The Labute approximate surface area is 152 Å². The summed E-state index contributed by atoms with van der Waals surface area (Å²) in [6.07, 6.45) is -0.666. The highest BCUT2D eigenvalue weighted by Crippen LogP contribution is 2.31. The van der Waals surface area contributed by atoms with Crippen LogP contribution in [0.1, 0.15) is 6.92 Å². The molecule has 25 heavy (non-hydrogen) atoms. The molecular weight excluding hydrogens is 334 g/mol. The summed E-state index contributed by atoms with van der Waals surface area (Å²) in [7, 11) is 0. The van der Waals surface area contributed by atoms with Crippen molar-refractivity contribution in [2.45, 2.75) is 13.0 Å². The number of nitrogens with one attached hydrogen (secondary N) is 1. The number of benzene rings is 3. The first-order valence-electron chi connectivity index (χ1n) is 8.01. The molecule has 1 atom stereocenters. The summed E-state index contributed by atoms with van der Waals surface area (Å²) in [5, 5.41) is 3.28. The lowest BCUT2D eigenvalue weighted by atomic mass is 10.1. The Kier molecular flexibility index (Phi) is 5.36. The third-order valence-electron chi connectivity index (χ3n) is 3.75. The van der Waals surface area contributed by atoms with Crippen molar-refractivity contribution in [3.8, 4) is 16.9 Å². The Bertz CT molecular complexity index is 850. The second-order valence-corrected chi connectivity index (χ2v) is 6.03. The first-order valence-corrected chi connectivity index (χ1v) is 8.39. The molecule has 0 aliphatic rings. The van der Waals surface area contributed by atoms with Gasteiger partial charge in [-0.15, -0.1) is 0 Å². The van der Waals surface area contributed by atoms with Crippen LogP contribution < -0.4 is 10.1 Å². The molecule has 0 aliphatic heterocycles. The largest absolute Gasteiger partial charge is 0.479 e. The number of hydrogen-bond donors (Lipinski definition) is 1. The molecule has 0 saturated carbocycles. The fraction of sp³-hybridized carbons (Fsp3) is 0.0952. The van der Waals surface area contributed by atoms with Crippen LogP contribution in [-0.4, -0.2) is 12.0 Å². The van der Waals surface area contributed by atoms with E-state index < -0.39 is 6.10 Å². The number of para-hydroxylation sites is 1. The molecule has 126 valence electrons. The maximum Gasteiger partial charge on any atom is 0.265 e. The van der Waals surface area contributed by atoms with Gasteiger partial charge in [0.05, 0.1) is 5.02 Å². The van der Waals surface area contributed by atoms with Crippen LogP contribution in [0.15, 0.2) is 78.9 Å². The summed E-state index contributed by atoms with van der Waals surface area (Å²) < 4.78 is 5.73. The van der Waals surface area contributed by atoms with E-state index in [0.717, 1.165) is 16.8 Å². The normalized spacial score (nSPS) is 11.6. The van der Waals surface area contributed by atoms with Crippen LogP contribution in [0.3, 0.4) is 0 Å². The van der Waals surface area contributed by atoms with Crippen LogP contribution in [0, 0.1) is 0 Å². The van der Waals surface area contributed by atoms with Gasteiger partial charge in [0.25, 0.3) is 5.91 Å². The average molecular weight is 352 g/mol. The van der Waals surface area contributed by atoms with Gasteiger partial charge in [-0.1, -0.05) is 66.2 Å². The highest BCUT2D eigenvalue weighted by atomic mass is 35.5. The second-order valence-electron chi connectivity index (χ2n) is 5.63. The molecule has 0 aromatic heterocycles. The molecule has 3 nitrogen and oxygen atoms in total. The van der Waals surface area contributed by atoms with Crippen molar-refractivity contribution in [2.24, 2.45) is 0 Å². The maximum atomic E-state index is 12.2. The summed E-state index contributed by atoms with van der Waals surface area (Å²) in [4.78, 5) is 12.2. The molecule has 0 spiro atoms. The quantitative estimate of drug-likeness (QED) is 0.667. The van der Waals surface area contributed by atoms with Crippen molar-refractivity contribution < 1.29 is 9.53 Å². The predicted molar refractivity (Wildman–Crippen MR) is 102 cm³/mol. The van der Waals surface area contributed by atoms with Crippen molar-refractivity contribution in [1.29, 1.82) is 0 Å². The lowest BCUT2D eigenvalue weighted by Gasteiger charge is -2.16. The van der Waals surface area contributed by atoms with Crippen molar-refractivity contribution in [1.82, 2.24) is 0 Å². The summed E-state index contributed by atoms with van der Waals surface area (Å²) >= 11 is 6.33. The minimum Gasteiger partial charge on any atom is -0.479 e. The SMILES string of the molecule is C[C@@H](Oc1ccc(-c2ccccc2)cc1Cl)C(=O)Nc1ccccc1. The predicted octanol–water partition coefficient (Wildman–Crippen LogP) is 5.41. The van der Waals surface area contributed by atoms with Crippen molar-refractivity contribution in [3.05, 3.63) is 83.9 Å². The molecule has 0 radical (unpaired) electrons. The Morgan fingerprint density at radius 2 is 1.56 bits per heavy atom. The summed E-state index contributed by atoms with van der Waals surface area (Å²) in [5.41, 5.74) is 2.80. The second kappa shape index (κ2) is 7.86. The van der Waals surface area contributed by atoms with Crippen LogP contribution in [0.25, 0.3) is 11.1 Å². The van der Waals surface area contributed by atoms with Gasteiger partial charge in [-0.25, -0.2) is 0 Å². The van der Waals surface area contributed by atoms with E-state index in [1.54, 1.807) is 13.0 Å². The van der Waals surface area contributed by atoms with Crippen LogP contribution in [-0.2, 0) is 4.79 Å². The van der Waals surface area contributed by atoms with Gasteiger partial charge in [0.1, 0.15) is 5.75 Å². The number of ether oxygens (including phenoxy) is 1. The van der Waals surface area contributed by atoms with Gasteiger partial charge in [0.15, 0.2) is 6.10 Å². The standard InChI is InChI=1S/C21H18ClNO2/c1-15(21(24)23-18-10-6-3-7-11-18)25-20-13-12-17(14-19(20)22)16-8-4-2-5-9-16/h2-15H,1H3,(H,23,24)/t15-/m1/s1. The molecule has 1 N–H and O–H groups in total. The molecular formula is C21H18ClNO2. The van der Waals surface area contributed by atoms with Crippen molar-refractivity contribution in [2.75, 3.05) is 5.32 Å². The van der Waals surface area contributed by atoms with E-state index >= 15 is 0 Å². The fourth-order valence-corrected chi connectivity index (χ4v) is 2.64. The molecule has 3 aromatic carbocycles. The van der Waals surface area contributed by atoms with E-state index in [2.05, 4.69) is 5.32 Å². The molecule has 0 saturated heterocycles. The topological polar surface area (TPSA) is 38.3 Å². The summed E-state index contributed by atoms with van der Waals surface area (Å²) in [5.74, 6) is 0.256. The van der Waals surface area contributed by atoms with Gasteiger partial charge in [-0.2, -0.15) is 0 Å². The molecule has 4 heteroatoms. The molecule has 0 heterocycles. The van der Waals surface area contributed by atoms with Crippen LogP contribution >= 0.6 is 11.6 Å². The number of anilines is 1. The third-order valence-corrected chi connectivity index (χ3v) is 4.05. The fourth-order valence-electron chi connectivity index (χ4n) is 2.42. The van der Waals surface area contributed by atoms with E-state index in [0.29, 0.717) is 10.8 Å². The Morgan fingerprint density at radius 3 is 2.20 bits per heavy atom. The molecule has 3 aromatic rings. The van der Waals surface area contributed by atoms with Gasteiger partial charge < -0.3 is 10.1 Å². The number of rotatable bonds is 5. The van der Waals surface area contributed by atoms with Crippen molar-refractivity contribution >= 4 is 23.2 Å². The lowest BCUT2D eigenvalue weighted by molar-refractivity contribution is -0.122. The highest BCUT2D eigenvalue weighted by Gasteiger charge is 2.16. The zero-order chi connectivity index (χ0) is 17.6. The zero-order valence-electron chi connectivity index (χ0n) is 13.8. The van der Waals surface area contributed by atoms with Gasteiger partial charge in [-0.3, -0.25) is 4.79 Å². The van der Waals surface area contributed by atoms with E-state index in [-0.39, 0.29) is 5.91 Å². The first-order chi connectivity index (χ1) is 12.1. The minimum atomic E-state index is -0.666. The van der Waals surface area contributed by atoms with E-state index in [4.69, 9.17) is 16.3 Å². The number of carbonyl (C=O) groups is 1. The molecule has 0 bridgehead atoms. The smallest absolute Gasteiger partial charge is 0.265 e. The van der Waals surface area contributed by atoms with E-state index in [1.807, 2.05) is 72.8 Å². The van der Waals surface area contributed by atoms with Gasteiger partial charge in [-0.05, 0) is 42.3 Å². The van der Waals surface area contributed by atoms with E-state index in [1.165, 1.54) is 0 Å². The maximum absolute atomic E-state index is 12.2. The lowest BCUT2D eigenvalue weighted by Crippen LogP contribution is -2.30. The number of amides is 1. The molecule has 1 amide bonds. The first kappa shape index (κ1) is 17.1. The summed E-state index contributed by atoms with van der Waals surface area (Å²) in [6, 6.07) is 24.8. The number of halogens is 1.